The van der Waals surface area contributed by atoms with Crippen LogP contribution in [0.4, 0.5) is 35.1 Å². The highest BCUT2D eigenvalue weighted by Crippen LogP contribution is 2.38. The minimum absolute atomic E-state index is 0.00619. The second-order valence-corrected chi connectivity index (χ2v) is 10.3. The van der Waals surface area contributed by atoms with Crippen molar-refractivity contribution >= 4 is 0 Å². The van der Waals surface area contributed by atoms with Crippen LogP contribution in [0.2, 0.25) is 0 Å². The molecule has 0 unspecified atom stereocenters. The van der Waals surface area contributed by atoms with Gasteiger partial charge in [-0.2, -0.15) is 8.78 Å². The number of hydrogen-bond donors (Lipinski definition) is 0. The third-order valence-corrected chi connectivity index (χ3v) is 7.04. The highest BCUT2D eigenvalue weighted by molar-refractivity contribution is 5.71. The Labute approximate surface area is 253 Å². The molecule has 0 saturated carbocycles. The van der Waals surface area contributed by atoms with E-state index in [1.165, 1.54) is 18.2 Å². The Hall–Kier alpha value is -4.00. The maximum atomic E-state index is 15.0. The fourth-order valence-electron chi connectivity index (χ4n) is 4.75. The molecular formula is C33H26F8O4. The molecule has 0 bridgehead atoms. The maximum Gasteiger partial charge on any atom is 0.432 e. The van der Waals surface area contributed by atoms with Crippen molar-refractivity contribution in [2.45, 2.75) is 38.3 Å². The van der Waals surface area contributed by atoms with Crippen LogP contribution in [-0.2, 0) is 20.3 Å². The minimum Gasteiger partial charge on any atom is -0.429 e. The first-order chi connectivity index (χ1) is 21.5. The number of hydrogen-bond acceptors (Lipinski definition) is 4. The van der Waals surface area contributed by atoms with Gasteiger partial charge >= 0.3 is 6.11 Å². The summed E-state index contributed by atoms with van der Waals surface area (Å²) < 4.78 is 137. The average molecular weight is 639 g/mol. The molecule has 1 aliphatic rings. The van der Waals surface area contributed by atoms with Crippen molar-refractivity contribution in [3.05, 3.63) is 113 Å². The SMILES string of the molecule is CCCCOC1COC(c2cc(F)c(C(F)(F)Oc3ccc(-c4ccc(-c5ccc(F)c(F)c5)c(F)c4)c(F)c3)c(F)c2)OC1. The molecule has 0 aliphatic carbocycles. The fraction of sp³-hybridized carbons (Fsp3) is 0.273. The second-order valence-electron chi connectivity index (χ2n) is 10.3. The summed E-state index contributed by atoms with van der Waals surface area (Å²) in [6.07, 6.45) is -4.38. The predicted molar refractivity (Wildman–Crippen MR) is 147 cm³/mol. The van der Waals surface area contributed by atoms with E-state index in [0.717, 1.165) is 43.2 Å². The molecule has 4 aromatic carbocycles. The van der Waals surface area contributed by atoms with Gasteiger partial charge in [0.25, 0.3) is 0 Å². The average Bonchev–Trinajstić information content (AvgIpc) is 2.98. The largest absolute Gasteiger partial charge is 0.432 e. The molecule has 0 aromatic heterocycles. The number of alkyl halides is 2. The minimum atomic E-state index is -4.56. The molecule has 0 N–H and O–H groups in total. The fourth-order valence-corrected chi connectivity index (χ4v) is 4.75. The molecule has 1 fully saturated rings. The van der Waals surface area contributed by atoms with Crippen molar-refractivity contribution in [3.63, 3.8) is 0 Å². The van der Waals surface area contributed by atoms with Crippen LogP contribution in [0.3, 0.4) is 0 Å². The molecule has 5 rings (SSSR count). The Balaban J connectivity index is 1.29. The van der Waals surface area contributed by atoms with Crippen LogP contribution in [0, 0.1) is 34.9 Å². The molecule has 0 spiro atoms. The van der Waals surface area contributed by atoms with Gasteiger partial charge in [-0.1, -0.05) is 31.5 Å². The number of benzene rings is 4. The molecule has 1 aliphatic heterocycles. The summed E-state index contributed by atoms with van der Waals surface area (Å²) in [4.78, 5) is 0. The van der Waals surface area contributed by atoms with Crippen molar-refractivity contribution in [3.8, 4) is 28.0 Å². The molecular weight excluding hydrogens is 612 g/mol. The lowest BCUT2D eigenvalue weighted by Crippen LogP contribution is -2.34. The molecule has 1 heterocycles. The van der Waals surface area contributed by atoms with Gasteiger partial charge < -0.3 is 18.9 Å². The normalized spacial score (nSPS) is 17.0. The van der Waals surface area contributed by atoms with Gasteiger partial charge in [0.1, 0.15) is 40.7 Å². The van der Waals surface area contributed by atoms with Crippen molar-refractivity contribution in [2.75, 3.05) is 19.8 Å². The number of ether oxygens (including phenoxy) is 4. The van der Waals surface area contributed by atoms with Crippen LogP contribution in [0.1, 0.15) is 37.2 Å². The molecule has 1 saturated heterocycles. The number of rotatable bonds is 10. The molecule has 4 aromatic rings. The summed E-state index contributed by atoms with van der Waals surface area (Å²) in [7, 11) is 0. The lowest BCUT2D eigenvalue weighted by Gasteiger charge is -2.30. The van der Waals surface area contributed by atoms with Gasteiger partial charge in [-0.15, -0.1) is 0 Å². The van der Waals surface area contributed by atoms with Crippen LogP contribution in [0.5, 0.6) is 5.75 Å². The van der Waals surface area contributed by atoms with Gasteiger partial charge in [0.05, 0.1) is 13.2 Å². The van der Waals surface area contributed by atoms with E-state index in [0.29, 0.717) is 24.8 Å². The highest BCUT2D eigenvalue weighted by atomic mass is 19.3. The van der Waals surface area contributed by atoms with Crippen LogP contribution in [0.15, 0.2) is 66.7 Å². The molecule has 45 heavy (non-hydrogen) atoms. The highest BCUT2D eigenvalue weighted by Gasteiger charge is 2.42. The van der Waals surface area contributed by atoms with Crippen molar-refractivity contribution < 1.29 is 54.1 Å². The van der Waals surface area contributed by atoms with Gasteiger partial charge in [-0.3, -0.25) is 0 Å². The Morgan fingerprint density at radius 2 is 1.27 bits per heavy atom. The van der Waals surface area contributed by atoms with Crippen molar-refractivity contribution in [1.82, 2.24) is 0 Å². The van der Waals surface area contributed by atoms with Crippen molar-refractivity contribution in [1.29, 1.82) is 0 Å². The Morgan fingerprint density at radius 1 is 0.689 bits per heavy atom. The summed E-state index contributed by atoms with van der Waals surface area (Å²) >= 11 is 0. The van der Waals surface area contributed by atoms with E-state index in [2.05, 4.69) is 4.74 Å². The Kier molecular flexibility index (Phi) is 9.76. The zero-order valence-corrected chi connectivity index (χ0v) is 23.7. The summed E-state index contributed by atoms with van der Waals surface area (Å²) in [5.41, 5.74) is -2.15. The summed E-state index contributed by atoms with van der Waals surface area (Å²) in [5.74, 6) is -8.34. The summed E-state index contributed by atoms with van der Waals surface area (Å²) in [6.45, 7) is 2.64. The second kappa shape index (κ2) is 13.6. The molecule has 0 amide bonds. The number of unbranched alkanes of at least 4 members (excludes halogenated alkanes) is 1. The van der Waals surface area contributed by atoms with E-state index >= 15 is 0 Å². The van der Waals surface area contributed by atoms with Crippen LogP contribution < -0.4 is 4.74 Å². The van der Waals surface area contributed by atoms with E-state index in [9.17, 15) is 35.1 Å². The number of halogens is 8. The van der Waals surface area contributed by atoms with Gasteiger partial charge in [0, 0.05) is 29.4 Å². The third-order valence-electron chi connectivity index (χ3n) is 7.04. The Morgan fingerprint density at radius 3 is 1.84 bits per heavy atom. The van der Waals surface area contributed by atoms with Gasteiger partial charge in [0.15, 0.2) is 17.9 Å². The predicted octanol–water partition coefficient (Wildman–Crippen LogP) is 9.21. The standard InChI is InChI=1S/C33H26F8O4/c1-2-3-10-42-22-16-43-32(44-17-22)20-13-29(38)31(30(39)14-20)33(40,41)45-21-6-8-24(27(36)15-21)18-4-7-23(26(35)11-18)19-5-9-25(34)28(37)12-19/h4-9,11-15,22,32H,2-3,10,16-17H2,1H3. The van der Waals surface area contributed by atoms with E-state index in [-0.39, 0.29) is 47.1 Å². The summed E-state index contributed by atoms with van der Waals surface area (Å²) in [5, 5.41) is 0. The molecule has 238 valence electrons. The molecule has 12 heteroatoms. The lowest BCUT2D eigenvalue weighted by molar-refractivity contribution is -0.230. The molecule has 4 nitrogen and oxygen atoms in total. The van der Waals surface area contributed by atoms with E-state index in [1.54, 1.807) is 0 Å². The first-order valence-electron chi connectivity index (χ1n) is 13.9. The van der Waals surface area contributed by atoms with Crippen LogP contribution in [0.25, 0.3) is 22.3 Å². The van der Waals surface area contributed by atoms with Crippen LogP contribution in [-0.4, -0.2) is 25.9 Å². The van der Waals surface area contributed by atoms with E-state index in [1.807, 2.05) is 6.92 Å². The van der Waals surface area contributed by atoms with E-state index < -0.39 is 58.6 Å². The van der Waals surface area contributed by atoms with E-state index in [4.69, 9.17) is 14.2 Å². The summed E-state index contributed by atoms with van der Waals surface area (Å²) in [6, 6.07) is 10.00. The third kappa shape index (κ3) is 7.29. The topological polar surface area (TPSA) is 36.9 Å². The van der Waals surface area contributed by atoms with Crippen LogP contribution >= 0.6 is 0 Å². The zero-order valence-electron chi connectivity index (χ0n) is 23.7. The quantitative estimate of drug-likeness (QED) is 0.128. The molecule has 0 radical (unpaired) electrons. The smallest absolute Gasteiger partial charge is 0.429 e. The molecule has 0 atom stereocenters. The van der Waals surface area contributed by atoms with Gasteiger partial charge in [-0.05, 0) is 60.0 Å². The first kappa shape index (κ1) is 32.4. The first-order valence-corrected chi connectivity index (χ1v) is 13.9. The maximum absolute atomic E-state index is 15.0. The van der Waals surface area contributed by atoms with Gasteiger partial charge in [-0.25, -0.2) is 26.3 Å². The Bertz CT molecular complexity index is 1650. The van der Waals surface area contributed by atoms with Gasteiger partial charge in [0.2, 0.25) is 0 Å². The van der Waals surface area contributed by atoms with Crippen molar-refractivity contribution in [2.24, 2.45) is 0 Å². The monoisotopic (exact) mass is 638 g/mol. The lowest BCUT2D eigenvalue weighted by atomic mass is 9.99. The zero-order chi connectivity index (χ0) is 32.3.